The molecule has 0 aromatic heterocycles. The number of hydrogen-bond acceptors (Lipinski definition) is 10. The van der Waals surface area contributed by atoms with Gasteiger partial charge in [-0.2, -0.15) is 0 Å². The number of carbonyl (C=O) groups is 2. The van der Waals surface area contributed by atoms with Crippen LogP contribution in [0.3, 0.4) is 0 Å². The molecule has 0 rings (SSSR count). The number of aliphatic carboxylic acids is 1. The Balaban J connectivity index is 0. The molecule has 0 saturated carbocycles. The molecule has 0 fully saturated rings. The van der Waals surface area contributed by atoms with E-state index in [1.165, 1.54) is 0 Å². The molecule has 0 aromatic rings. The van der Waals surface area contributed by atoms with Crippen LogP contribution < -0.4 is 10.6 Å². The van der Waals surface area contributed by atoms with Crippen LogP contribution in [0.4, 0.5) is 0 Å². The number of aliphatic hydroxyl groups is 5. The predicted octanol–water partition coefficient (Wildman–Crippen LogP) is -2.95. The van der Waals surface area contributed by atoms with E-state index in [0.29, 0.717) is 12.8 Å². The maximum absolute atomic E-state index is 10.6. The van der Waals surface area contributed by atoms with Gasteiger partial charge in [-0.15, -0.1) is 0 Å². The molecule has 0 aliphatic carbocycles. The van der Waals surface area contributed by atoms with Crippen molar-refractivity contribution in [3.8, 4) is 0 Å². The zero-order chi connectivity index (χ0) is 23.3. The molecular weight excluding hydrogens is 404 g/mol. The van der Waals surface area contributed by atoms with Gasteiger partial charge >= 0.3 is 5.97 Å². The first-order valence-electron chi connectivity index (χ1n) is 9.73. The topological polar surface area (TPSA) is 198 Å². The van der Waals surface area contributed by atoms with E-state index in [-0.39, 0.29) is 13.2 Å². The van der Waals surface area contributed by atoms with Crippen molar-refractivity contribution in [3.63, 3.8) is 0 Å². The third-order valence-electron chi connectivity index (χ3n) is 3.99. The maximum atomic E-state index is 10.6. The molecule has 12 nitrogen and oxygen atoms in total. The average molecular weight is 443 g/mol. The van der Waals surface area contributed by atoms with Crippen molar-refractivity contribution in [1.82, 2.24) is 10.6 Å². The molecule has 12 heteroatoms. The van der Waals surface area contributed by atoms with Crippen molar-refractivity contribution in [2.75, 3.05) is 59.8 Å². The van der Waals surface area contributed by atoms with Gasteiger partial charge in [-0.25, -0.2) is 0 Å². The smallest absolute Gasteiger partial charge is 0.303 e. The number of carboxylic acids is 1. The third-order valence-corrected chi connectivity index (χ3v) is 3.99. The van der Waals surface area contributed by atoms with Crippen LogP contribution in [0.25, 0.3) is 0 Å². The average Bonchev–Trinajstić information content (AvgIpc) is 2.75. The Bertz CT molecular complexity index is 390. The summed E-state index contributed by atoms with van der Waals surface area (Å²) in [5, 5.41) is 58.5. The van der Waals surface area contributed by atoms with Gasteiger partial charge in [-0.1, -0.05) is 6.42 Å². The van der Waals surface area contributed by atoms with Gasteiger partial charge in [-0.05, 0) is 26.4 Å². The Morgan fingerprint density at radius 1 is 0.933 bits per heavy atom. The standard InChI is InChI=1S/C11H23NO8.C7H15NO2/c13-1-9(2-14)19-6-11(5-17,12-8-18)7-20-10(3-15)4-16;1-8-6-4-2-3-5-7(9)10/h8-10,13-17H,1-7H2,(H,12,18);8H,2-6H2,1H3,(H,9,10). The van der Waals surface area contributed by atoms with E-state index in [2.05, 4.69) is 10.6 Å². The van der Waals surface area contributed by atoms with Crippen LogP contribution in [0, 0.1) is 0 Å². The first-order chi connectivity index (χ1) is 14.4. The van der Waals surface area contributed by atoms with Crippen LogP contribution in [-0.2, 0) is 19.1 Å². The van der Waals surface area contributed by atoms with E-state index in [1.807, 2.05) is 7.05 Å². The van der Waals surface area contributed by atoms with E-state index in [9.17, 15) is 14.7 Å². The second kappa shape index (κ2) is 20.9. The lowest BCUT2D eigenvalue weighted by molar-refractivity contribution is -0.137. The summed E-state index contributed by atoms with van der Waals surface area (Å²) >= 11 is 0. The molecule has 0 spiro atoms. The van der Waals surface area contributed by atoms with Crippen molar-refractivity contribution in [2.24, 2.45) is 0 Å². The Morgan fingerprint density at radius 3 is 1.77 bits per heavy atom. The molecular formula is C18H38N2O10. The monoisotopic (exact) mass is 442 g/mol. The number of ether oxygens (including phenoxy) is 2. The summed E-state index contributed by atoms with van der Waals surface area (Å²) in [7, 11) is 1.90. The zero-order valence-electron chi connectivity index (χ0n) is 17.5. The van der Waals surface area contributed by atoms with E-state index in [1.54, 1.807) is 0 Å². The molecule has 0 atom stereocenters. The molecule has 0 saturated heterocycles. The number of hydrogen-bond donors (Lipinski definition) is 8. The molecule has 1 amide bonds. The van der Waals surface area contributed by atoms with Gasteiger partial charge < -0.3 is 50.7 Å². The first-order valence-corrected chi connectivity index (χ1v) is 9.73. The summed E-state index contributed by atoms with van der Waals surface area (Å²) in [6.07, 6.45) is 1.85. The number of carboxylic acid groups (broad SMARTS) is 1. The third kappa shape index (κ3) is 16.4. The molecule has 0 aliphatic rings. The quantitative estimate of drug-likeness (QED) is 0.0752. The lowest BCUT2D eigenvalue weighted by Gasteiger charge is -2.33. The van der Waals surface area contributed by atoms with Gasteiger partial charge in [0.15, 0.2) is 0 Å². The van der Waals surface area contributed by atoms with Crippen molar-refractivity contribution in [3.05, 3.63) is 0 Å². The fourth-order valence-corrected chi connectivity index (χ4v) is 2.02. The van der Waals surface area contributed by atoms with E-state index < -0.39 is 56.8 Å². The molecule has 8 N–H and O–H groups in total. The van der Waals surface area contributed by atoms with Crippen molar-refractivity contribution in [2.45, 2.75) is 43.4 Å². The lowest BCUT2D eigenvalue weighted by atomic mass is 10.0. The number of carbonyl (C=O) groups excluding carboxylic acids is 1. The minimum absolute atomic E-state index is 0.225. The highest BCUT2D eigenvalue weighted by molar-refractivity contribution is 5.66. The van der Waals surface area contributed by atoms with E-state index in [4.69, 9.17) is 35.0 Å². The minimum Gasteiger partial charge on any atom is -0.481 e. The van der Waals surface area contributed by atoms with Crippen LogP contribution in [0.1, 0.15) is 25.7 Å². The van der Waals surface area contributed by atoms with Gasteiger partial charge in [-0.3, -0.25) is 9.59 Å². The van der Waals surface area contributed by atoms with E-state index >= 15 is 0 Å². The summed E-state index contributed by atoms with van der Waals surface area (Å²) in [5.74, 6) is -0.690. The molecule has 0 aliphatic heterocycles. The minimum atomic E-state index is -1.30. The Labute approximate surface area is 176 Å². The number of amides is 1. The SMILES string of the molecule is CNCCCCCC(=O)O.O=CNC(CO)(COC(CO)CO)COC(CO)CO. The first kappa shape index (κ1) is 30.8. The van der Waals surface area contributed by atoms with Gasteiger partial charge in [0.25, 0.3) is 0 Å². The number of rotatable bonds is 19. The molecule has 0 heterocycles. The highest BCUT2D eigenvalue weighted by Gasteiger charge is 2.32. The largest absolute Gasteiger partial charge is 0.481 e. The number of nitrogens with one attached hydrogen (secondary N) is 2. The summed E-state index contributed by atoms with van der Waals surface area (Å²) < 4.78 is 10.3. The van der Waals surface area contributed by atoms with Crippen molar-refractivity contribution in [1.29, 1.82) is 0 Å². The maximum Gasteiger partial charge on any atom is 0.303 e. The number of aliphatic hydroxyl groups excluding tert-OH is 5. The van der Waals surface area contributed by atoms with Crippen LogP contribution >= 0.6 is 0 Å². The fourth-order valence-electron chi connectivity index (χ4n) is 2.02. The zero-order valence-corrected chi connectivity index (χ0v) is 17.5. The molecule has 0 aromatic carbocycles. The Kier molecular flexibility index (Phi) is 21.4. The molecule has 30 heavy (non-hydrogen) atoms. The summed E-state index contributed by atoms with van der Waals surface area (Å²) in [6.45, 7) is -1.68. The fraction of sp³-hybridized carbons (Fsp3) is 0.889. The second-order valence-corrected chi connectivity index (χ2v) is 6.60. The molecule has 0 unspecified atom stereocenters. The summed E-state index contributed by atoms with van der Waals surface area (Å²) in [4.78, 5) is 20.6. The Morgan fingerprint density at radius 2 is 1.43 bits per heavy atom. The van der Waals surface area contributed by atoms with Gasteiger partial charge in [0.1, 0.15) is 17.7 Å². The molecule has 0 bridgehead atoms. The normalized spacial score (nSPS) is 11.3. The molecule has 0 radical (unpaired) electrons. The van der Waals surface area contributed by atoms with Crippen LogP contribution in [0.5, 0.6) is 0 Å². The second-order valence-electron chi connectivity index (χ2n) is 6.60. The van der Waals surface area contributed by atoms with Crippen LogP contribution in [0.15, 0.2) is 0 Å². The Hall–Kier alpha value is -1.38. The highest BCUT2D eigenvalue weighted by Crippen LogP contribution is 2.09. The summed E-state index contributed by atoms with van der Waals surface area (Å²) in [6, 6.07) is 0. The molecule has 180 valence electrons. The van der Waals surface area contributed by atoms with Gasteiger partial charge in [0.2, 0.25) is 6.41 Å². The van der Waals surface area contributed by atoms with Gasteiger partial charge in [0, 0.05) is 6.42 Å². The van der Waals surface area contributed by atoms with Crippen molar-refractivity contribution < 1.29 is 49.7 Å². The van der Waals surface area contributed by atoms with Crippen molar-refractivity contribution >= 4 is 12.4 Å². The van der Waals surface area contributed by atoms with Gasteiger partial charge in [0.05, 0.1) is 46.2 Å². The predicted molar refractivity (Wildman–Crippen MR) is 107 cm³/mol. The van der Waals surface area contributed by atoms with Crippen LogP contribution in [0.2, 0.25) is 0 Å². The number of unbranched alkanes of at least 4 members (excludes halogenated alkanes) is 2. The lowest BCUT2D eigenvalue weighted by Crippen LogP contribution is -2.57. The van der Waals surface area contributed by atoms with Crippen LogP contribution in [-0.4, -0.2) is 121 Å². The highest BCUT2D eigenvalue weighted by atomic mass is 16.5. The van der Waals surface area contributed by atoms with E-state index in [0.717, 1.165) is 25.8 Å². The summed E-state index contributed by atoms with van der Waals surface area (Å²) in [5.41, 5.74) is -1.30.